The highest BCUT2D eigenvalue weighted by Gasteiger charge is 2.20. The topological polar surface area (TPSA) is 15.6 Å². The molecule has 3 heteroatoms. The summed E-state index contributed by atoms with van der Waals surface area (Å²) in [6, 6.07) is 12.8. The molecule has 0 fully saturated rings. The molecule has 0 aliphatic carbocycles. The van der Waals surface area contributed by atoms with Crippen LogP contribution in [0.5, 0.6) is 0 Å². The van der Waals surface area contributed by atoms with Crippen LogP contribution in [0.25, 0.3) is 10.8 Å². The minimum absolute atomic E-state index is 0. The molecular formula is C16H19IN2. The van der Waals surface area contributed by atoms with E-state index in [4.69, 9.17) is 4.99 Å². The lowest BCUT2D eigenvalue weighted by Gasteiger charge is -2.19. The maximum Gasteiger partial charge on any atom is 0.137 e. The molecule has 1 aliphatic rings. The van der Waals surface area contributed by atoms with Gasteiger partial charge in [0.2, 0.25) is 0 Å². The van der Waals surface area contributed by atoms with Crippen LogP contribution in [-0.2, 0) is 0 Å². The van der Waals surface area contributed by atoms with Gasteiger partial charge in [0.05, 0.1) is 5.69 Å². The third-order valence-electron chi connectivity index (χ3n) is 3.56. The highest BCUT2D eigenvalue weighted by Crippen LogP contribution is 2.35. The van der Waals surface area contributed by atoms with E-state index in [0.717, 1.165) is 18.1 Å². The maximum atomic E-state index is 4.79. The fraction of sp³-hybridized carbons (Fsp3) is 0.312. The Bertz CT molecular complexity index is 614. The van der Waals surface area contributed by atoms with Gasteiger partial charge in [-0.25, -0.2) is 4.99 Å². The predicted octanol–water partition coefficient (Wildman–Crippen LogP) is 4.58. The van der Waals surface area contributed by atoms with Crippen LogP contribution in [0.15, 0.2) is 41.4 Å². The molecule has 1 heterocycles. The SMILES string of the molecule is CCCCN(C)C1=Nc2cccc3cccc1c23.I. The molecule has 2 aromatic carbocycles. The largest absolute Gasteiger partial charge is 0.359 e. The van der Waals surface area contributed by atoms with Gasteiger partial charge < -0.3 is 4.90 Å². The van der Waals surface area contributed by atoms with Crippen LogP contribution in [0, 0.1) is 0 Å². The molecule has 100 valence electrons. The second-order valence-electron chi connectivity index (χ2n) is 4.89. The zero-order chi connectivity index (χ0) is 12.5. The number of halogens is 1. The molecule has 0 atom stereocenters. The van der Waals surface area contributed by atoms with E-state index in [-0.39, 0.29) is 24.0 Å². The highest BCUT2D eigenvalue weighted by molar-refractivity contribution is 14.0. The average Bonchev–Trinajstić information content (AvgIpc) is 2.78. The van der Waals surface area contributed by atoms with Crippen molar-refractivity contribution < 1.29 is 0 Å². The summed E-state index contributed by atoms with van der Waals surface area (Å²) < 4.78 is 0. The van der Waals surface area contributed by atoms with Crippen LogP contribution in [0.1, 0.15) is 25.3 Å². The Balaban J connectivity index is 0.00000133. The number of hydrogen-bond donors (Lipinski definition) is 0. The Morgan fingerprint density at radius 2 is 1.84 bits per heavy atom. The van der Waals surface area contributed by atoms with Crippen molar-refractivity contribution in [2.45, 2.75) is 19.8 Å². The standard InChI is InChI=1S/C16H18N2.HI/c1-3-4-11-18(2)16-13-9-5-7-12-8-6-10-14(17-16)15(12)13;/h5-10H,3-4,11H2,1-2H3;1H. The third kappa shape index (κ3) is 2.48. The molecule has 1 aliphatic heterocycles. The van der Waals surface area contributed by atoms with Gasteiger partial charge in [-0.05, 0) is 17.9 Å². The summed E-state index contributed by atoms with van der Waals surface area (Å²) in [6.07, 6.45) is 2.43. The number of benzene rings is 2. The molecule has 0 bridgehead atoms. The van der Waals surface area contributed by atoms with Crippen LogP contribution in [0.2, 0.25) is 0 Å². The number of aliphatic imine (C=N–C) groups is 1. The maximum absolute atomic E-state index is 4.79. The quantitative estimate of drug-likeness (QED) is 0.726. The minimum atomic E-state index is 0. The number of nitrogens with zero attached hydrogens (tertiary/aromatic N) is 2. The first-order valence-corrected chi connectivity index (χ1v) is 6.63. The van der Waals surface area contributed by atoms with Crippen molar-refractivity contribution in [3.8, 4) is 0 Å². The van der Waals surface area contributed by atoms with E-state index >= 15 is 0 Å². The minimum Gasteiger partial charge on any atom is -0.359 e. The van der Waals surface area contributed by atoms with Gasteiger partial charge in [-0.2, -0.15) is 0 Å². The Kier molecular flexibility index (Phi) is 4.45. The summed E-state index contributed by atoms with van der Waals surface area (Å²) >= 11 is 0. The first-order valence-electron chi connectivity index (χ1n) is 6.63. The zero-order valence-corrected chi connectivity index (χ0v) is 13.7. The van der Waals surface area contributed by atoms with E-state index < -0.39 is 0 Å². The number of hydrogen-bond acceptors (Lipinski definition) is 2. The van der Waals surface area contributed by atoms with Crippen LogP contribution >= 0.6 is 24.0 Å². The molecule has 0 unspecified atom stereocenters. The second kappa shape index (κ2) is 5.90. The summed E-state index contributed by atoms with van der Waals surface area (Å²) in [7, 11) is 2.14. The molecule has 2 aromatic rings. The molecule has 3 rings (SSSR count). The highest BCUT2D eigenvalue weighted by atomic mass is 127. The molecule has 0 N–H and O–H groups in total. The van der Waals surface area contributed by atoms with Crippen molar-refractivity contribution >= 4 is 46.3 Å². The van der Waals surface area contributed by atoms with Gasteiger partial charge in [0.1, 0.15) is 5.84 Å². The third-order valence-corrected chi connectivity index (χ3v) is 3.56. The lowest BCUT2D eigenvalue weighted by Crippen LogP contribution is -2.27. The summed E-state index contributed by atoms with van der Waals surface area (Å²) in [4.78, 5) is 7.07. The smallest absolute Gasteiger partial charge is 0.137 e. The Labute approximate surface area is 131 Å². The fourth-order valence-electron chi connectivity index (χ4n) is 2.57. The lowest BCUT2D eigenvalue weighted by atomic mass is 10.0. The van der Waals surface area contributed by atoms with E-state index in [1.54, 1.807) is 0 Å². The van der Waals surface area contributed by atoms with Gasteiger partial charge in [0.15, 0.2) is 0 Å². The first-order chi connectivity index (χ1) is 8.81. The van der Waals surface area contributed by atoms with E-state index in [0.29, 0.717) is 0 Å². The Morgan fingerprint density at radius 1 is 1.11 bits per heavy atom. The van der Waals surface area contributed by atoms with Gasteiger partial charge in [-0.1, -0.05) is 43.7 Å². The monoisotopic (exact) mass is 366 g/mol. The van der Waals surface area contributed by atoms with Crippen molar-refractivity contribution in [2.75, 3.05) is 13.6 Å². The van der Waals surface area contributed by atoms with Gasteiger partial charge in [0.25, 0.3) is 0 Å². The molecule has 0 spiro atoms. The van der Waals surface area contributed by atoms with Gasteiger partial charge in [-0.15, -0.1) is 24.0 Å². The van der Waals surface area contributed by atoms with Crippen LogP contribution in [-0.4, -0.2) is 24.3 Å². The number of amidine groups is 1. The van der Waals surface area contributed by atoms with Crippen molar-refractivity contribution in [1.82, 2.24) is 4.90 Å². The number of unbranched alkanes of at least 4 members (excludes halogenated alkanes) is 1. The van der Waals surface area contributed by atoms with E-state index in [9.17, 15) is 0 Å². The van der Waals surface area contributed by atoms with E-state index in [1.165, 1.54) is 29.2 Å². The van der Waals surface area contributed by atoms with Crippen LogP contribution in [0.4, 0.5) is 5.69 Å². The molecule has 0 aromatic heterocycles. The Morgan fingerprint density at radius 3 is 2.58 bits per heavy atom. The van der Waals surface area contributed by atoms with E-state index in [1.807, 2.05) is 0 Å². The normalized spacial score (nSPS) is 12.2. The molecule has 2 nitrogen and oxygen atoms in total. The van der Waals surface area contributed by atoms with Gasteiger partial charge in [-0.3, -0.25) is 0 Å². The number of rotatable bonds is 3. The molecular weight excluding hydrogens is 347 g/mol. The van der Waals surface area contributed by atoms with Crippen molar-refractivity contribution in [3.05, 3.63) is 42.0 Å². The average molecular weight is 366 g/mol. The van der Waals surface area contributed by atoms with Crippen LogP contribution in [0.3, 0.4) is 0 Å². The van der Waals surface area contributed by atoms with Crippen molar-refractivity contribution in [2.24, 2.45) is 4.99 Å². The van der Waals surface area contributed by atoms with E-state index in [2.05, 4.69) is 55.3 Å². The fourth-order valence-corrected chi connectivity index (χ4v) is 2.57. The molecule has 19 heavy (non-hydrogen) atoms. The summed E-state index contributed by atoms with van der Waals surface area (Å²) in [5.74, 6) is 1.12. The zero-order valence-electron chi connectivity index (χ0n) is 11.4. The summed E-state index contributed by atoms with van der Waals surface area (Å²) in [5.41, 5.74) is 2.39. The predicted molar refractivity (Wildman–Crippen MR) is 93.1 cm³/mol. The molecule has 0 saturated heterocycles. The summed E-state index contributed by atoms with van der Waals surface area (Å²) in [5, 5.41) is 2.59. The van der Waals surface area contributed by atoms with Crippen molar-refractivity contribution in [3.63, 3.8) is 0 Å². The van der Waals surface area contributed by atoms with Gasteiger partial charge >= 0.3 is 0 Å². The second-order valence-corrected chi connectivity index (χ2v) is 4.89. The summed E-state index contributed by atoms with van der Waals surface area (Å²) in [6.45, 7) is 3.29. The van der Waals surface area contributed by atoms with Gasteiger partial charge in [0, 0.05) is 24.5 Å². The molecule has 0 radical (unpaired) electrons. The lowest BCUT2D eigenvalue weighted by molar-refractivity contribution is 0.486. The Hall–Kier alpha value is -1.10. The first kappa shape index (κ1) is 14.3. The molecule has 0 saturated carbocycles. The van der Waals surface area contributed by atoms with Crippen LogP contribution < -0.4 is 0 Å². The van der Waals surface area contributed by atoms with Crippen molar-refractivity contribution in [1.29, 1.82) is 0 Å². The molecule has 0 amide bonds.